The predicted molar refractivity (Wildman–Crippen MR) is 90.2 cm³/mol. The molecule has 0 saturated carbocycles. The third-order valence-corrected chi connectivity index (χ3v) is 3.29. The second-order valence-electron chi connectivity index (χ2n) is 4.67. The zero-order valence-electron chi connectivity index (χ0n) is 11.9. The molecular weight excluding hydrogens is 296 g/mol. The lowest BCUT2D eigenvalue weighted by atomic mass is 10.2. The van der Waals surface area contributed by atoms with Crippen LogP contribution in [0.2, 0.25) is 0 Å². The van der Waals surface area contributed by atoms with E-state index in [4.69, 9.17) is 12.2 Å². The second-order valence-corrected chi connectivity index (χ2v) is 5.08. The highest BCUT2D eigenvalue weighted by molar-refractivity contribution is 7.80. The Morgan fingerprint density at radius 1 is 1.05 bits per heavy atom. The summed E-state index contributed by atoms with van der Waals surface area (Å²) in [5.74, 6) is 0.744. The van der Waals surface area contributed by atoms with Crippen LogP contribution in [0.1, 0.15) is 5.56 Å². The summed E-state index contributed by atoms with van der Waals surface area (Å²) >= 11 is 5.31. The Bertz CT molecular complexity index is 767. The zero-order chi connectivity index (χ0) is 15.4. The SMILES string of the molecule is Cc1ccccc1NC(=S)Nc1ccc(-n2cnnc2)nc1. The lowest BCUT2D eigenvalue weighted by molar-refractivity contribution is 0.992. The highest BCUT2D eigenvalue weighted by Crippen LogP contribution is 2.14. The van der Waals surface area contributed by atoms with Gasteiger partial charge in [0.1, 0.15) is 18.5 Å². The van der Waals surface area contributed by atoms with Crippen LogP contribution in [0.3, 0.4) is 0 Å². The van der Waals surface area contributed by atoms with E-state index in [1.807, 2.05) is 43.3 Å². The fourth-order valence-corrected chi connectivity index (χ4v) is 2.16. The molecule has 3 rings (SSSR count). The molecule has 7 heteroatoms. The van der Waals surface area contributed by atoms with Crippen LogP contribution in [0, 0.1) is 6.92 Å². The van der Waals surface area contributed by atoms with Gasteiger partial charge in [-0.1, -0.05) is 18.2 Å². The summed E-state index contributed by atoms with van der Waals surface area (Å²) in [6.45, 7) is 2.03. The van der Waals surface area contributed by atoms with E-state index >= 15 is 0 Å². The maximum atomic E-state index is 5.31. The summed E-state index contributed by atoms with van der Waals surface area (Å²) in [5.41, 5.74) is 2.92. The molecule has 0 unspecified atom stereocenters. The van der Waals surface area contributed by atoms with Gasteiger partial charge in [0.25, 0.3) is 0 Å². The zero-order valence-corrected chi connectivity index (χ0v) is 12.7. The van der Waals surface area contributed by atoms with E-state index in [0.717, 1.165) is 22.8 Å². The molecule has 22 heavy (non-hydrogen) atoms. The molecule has 0 aliphatic heterocycles. The summed E-state index contributed by atoms with van der Waals surface area (Å²) in [6.07, 6.45) is 4.90. The van der Waals surface area contributed by atoms with Gasteiger partial charge >= 0.3 is 0 Å². The van der Waals surface area contributed by atoms with Gasteiger partial charge in [-0.15, -0.1) is 10.2 Å². The van der Waals surface area contributed by atoms with Crippen molar-refractivity contribution in [3.8, 4) is 5.82 Å². The van der Waals surface area contributed by atoms with Crippen molar-refractivity contribution >= 4 is 28.7 Å². The van der Waals surface area contributed by atoms with Crippen molar-refractivity contribution in [2.45, 2.75) is 6.92 Å². The molecular formula is C15H14N6S. The number of hydrogen-bond acceptors (Lipinski definition) is 4. The number of aryl methyl sites for hydroxylation is 1. The number of aromatic nitrogens is 4. The van der Waals surface area contributed by atoms with Crippen LogP contribution in [-0.4, -0.2) is 24.9 Å². The highest BCUT2D eigenvalue weighted by Gasteiger charge is 2.02. The molecule has 0 aliphatic rings. The summed E-state index contributed by atoms with van der Waals surface area (Å²) in [7, 11) is 0. The number of nitrogens with one attached hydrogen (secondary N) is 2. The molecule has 0 radical (unpaired) electrons. The Labute approximate surface area is 133 Å². The summed E-state index contributed by atoms with van der Waals surface area (Å²) in [5, 5.41) is 14.3. The van der Waals surface area contributed by atoms with Crippen LogP contribution in [-0.2, 0) is 0 Å². The van der Waals surface area contributed by atoms with Gasteiger partial charge in [-0.05, 0) is 42.9 Å². The largest absolute Gasteiger partial charge is 0.332 e. The number of benzene rings is 1. The van der Waals surface area contributed by atoms with Crippen molar-refractivity contribution in [3.63, 3.8) is 0 Å². The first-order chi connectivity index (χ1) is 10.7. The molecule has 2 N–H and O–H groups in total. The van der Waals surface area contributed by atoms with E-state index in [-0.39, 0.29) is 0 Å². The number of para-hydroxylation sites is 1. The van der Waals surface area contributed by atoms with E-state index in [1.54, 1.807) is 23.4 Å². The monoisotopic (exact) mass is 310 g/mol. The van der Waals surface area contributed by atoms with Crippen molar-refractivity contribution in [1.29, 1.82) is 0 Å². The van der Waals surface area contributed by atoms with Crippen LogP contribution in [0.5, 0.6) is 0 Å². The van der Waals surface area contributed by atoms with Gasteiger partial charge in [0.05, 0.1) is 11.9 Å². The van der Waals surface area contributed by atoms with E-state index in [1.165, 1.54) is 0 Å². The van der Waals surface area contributed by atoms with Crippen molar-refractivity contribution in [2.75, 3.05) is 10.6 Å². The summed E-state index contributed by atoms with van der Waals surface area (Å²) in [6, 6.07) is 11.7. The first-order valence-electron chi connectivity index (χ1n) is 6.67. The molecule has 2 aromatic heterocycles. The van der Waals surface area contributed by atoms with Gasteiger partial charge in [-0.3, -0.25) is 4.57 Å². The first kappa shape index (κ1) is 14.2. The molecule has 0 saturated heterocycles. The van der Waals surface area contributed by atoms with E-state index in [9.17, 15) is 0 Å². The molecule has 3 aromatic rings. The number of anilines is 2. The van der Waals surface area contributed by atoms with Crippen LogP contribution in [0.4, 0.5) is 11.4 Å². The second kappa shape index (κ2) is 6.31. The minimum atomic E-state index is 0.521. The van der Waals surface area contributed by atoms with Crippen molar-refractivity contribution in [1.82, 2.24) is 19.7 Å². The molecule has 2 heterocycles. The number of pyridine rings is 1. The highest BCUT2D eigenvalue weighted by atomic mass is 32.1. The Morgan fingerprint density at radius 3 is 2.50 bits per heavy atom. The minimum Gasteiger partial charge on any atom is -0.332 e. The van der Waals surface area contributed by atoms with Gasteiger partial charge in [0.2, 0.25) is 0 Å². The molecule has 0 aliphatic carbocycles. The lowest BCUT2D eigenvalue weighted by Crippen LogP contribution is -2.19. The topological polar surface area (TPSA) is 67.7 Å². The van der Waals surface area contributed by atoms with Crippen molar-refractivity contribution in [3.05, 3.63) is 60.8 Å². The standard InChI is InChI=1S/C15H14N6S/c1-11-4-2-3-5-13(11)20-15(22)19-12-6-7-14(16-8-12)21-9-17-18-10-21/h2-10H,1H3,(H2,19,20,22). The number of thiocarbonyl (C=S) groups is 1. The number of hydrogen-bond donors (Lipinski definition) is 2. The van der Waals surface area contributed by atoms with Gasteiger partial charge in [0, 0.05) is 5.69 Å². The van der Waals surface area contributed by atoms with E-state index in [2.05, 4.69) is 25.8 Å². The third-order valence-electron chi connectivity index (χ3n) is 3.08. The molecule has 0 fully saturated rings. The molecule has 0 spiro atoms. The van der Waals surface area contributed by atoms with Gasteiger partial charge in [-0.25, -0.2) is 4.98 Å². The molecule has 0 amide bonds. The summed E-state index contributed by atoms with van der Waals surface area (Å²) in [4.78, 5) is 4.33. The minimum absolute atomic E-state index is 0.521. The Balaban J connectivity index is 1.66. The fraction of sp³-hybridized carbons (Fsp3) is 0.0667. The fourth-order valence-electron chi connectivity index (χ4n) is 1.93. The van der Waals surface area contributed by atoms with E-state index in [0.29, 0.717) is 5.11 Å². The van der Waals surface area contributed by atoms with Crippen molar-refractivity contribution < 1.29 is 0 Å². The van der Waals surface area contributed by atoms with Crippen LogP contribution >= 0.6 is 12.2 Å². The third kappa shape index (κ3) is 3.26. The molecule has 110 valence electrons. The lowest BCUT2D eigenvalue weighted by Gasteiger charge is -2.12. The molecule has 0 atom stereocenters. The number of rotatable bonds is 3. The first-order valence-corrected chi connectivity index (χ1v) is 7.08. The maximum Gasteiger partial charge on any atom is 0.175 e. The van der Waals surface area contributed by atoms with Gasteiger partial charge < -0.3 is 10.6 Å². The quantitative estimate of drug-likeness (QED) is 0.725. The van der Waals surface area contributed by atoms with Gasteiger partial charge in [-0.2, -0.15) is 0 Å². The van der Waals surface area contributed by atoms with Gasteiger partial charge in [0.15, 0.2) is 5.11 Å². The predicted octanol–water partition coefficient (Wildman–Crippen LogP) is 2.78. The maximum absolute atomic E-state index is 5.31. The van der Waals surface area contributed by atoms with Crippen LogP contribution in [0.15, 0.2) is 55.2 Å². The smallest absolute Gasteiger partial charge is 0.175 e. The number of nitrogens with zero attached hydrogens (tertiary/aromatic N) is 4. The Kier molecular flexibility index (Phi) is 4.06. The normalized spacial score (nSPS) is 10.2. The molecule has 0 bridgehead atoms. The molecule has 6 nitrogen and oxygen atoms in total. The Morgan fingerprint density at radius 2 is 1.82 bits per heavy atom. The Hall–Kier alpha value is -2.80. The summed E-state index contributed by atoms with van der Waals surface area (Å²) < 4.78 is 1.73. The molecule has 1 aromatic carbocycles. The van der Waals surface area contributed by atoms with E-state index < -0.39 is 0 Å². The average Bonchev–Trinajstić information content (AvgIpc) is 3.05. The van der Waals surface area contributed by atoms with Crippen molar-refractivity contribution in [2.24, 2.45) is 0 Å². The average molecular weight is 310 g/mol. The van der Waals surface area contributed by atoms with Crippen LogP contribution in [0.25, 0.3) is 5.82 Å². The van der Waals surface area contributed by atoms with Crippen LogP contribution < -0.4 is 10.6 Å².